The number of amides is 1. The summed E-state index contributed by atoms with van der Waals surface area (Å²) in [6, 6.07) is 1.06. The molecule has 0 aromatic carbocycles. The maximum absolute atomic E-state index is 13.0. The van der Waals surface area contributed by atoms with Crippen molar-refractivity contribution in [1.29, 1.82) is 0 Å². The van der Waals surface area contributed by atoms with Crippen LogP contribution in [-0.4, -0.2) is 25.0 Å². The minimum atomic E-state index is -0.00946. The topological polar surface area (TPSA) is 41.1 Å². The lowest BCUT2D eigenvalue weighted by Gasteiger charge is -2.57. The highest BCUT2D eigenvalue weighted by Crippen LogP contribution is 2.67. The predicted molar refractivity (Wildman–Crippen MR) is 100.0 cm³/mol. The Bertz CT molecular complexity index is 628. The Morgan fingerprint density at radius 1 is 1.12 bits per heavy atom. The average Bonchev–Trinajstić information content (AvgIpc) is 3.11. The van der Waals surface area contributed by atoms with Crippen LogP contribution in [0.2, 0.25) is 0 Å². The average molecular weight is 343 g/mol. The molecule has 4 aliphatic carbocycles. The van der Waals surface area contributed by atoms with E-state index in [2.05, 4.69) is 37.6 Å². The van der Waals surface area contributed by atoms with Crippen molar-refractivity contribution in [2.45, 2.75) is 77.3 Å². The van der Waals surface area contributed by atoms with E-state index in [1.165, 1.54) is 44.9 Å². The number of hydrogen-bond acceptors (Lipinski definition) is 2. The Hall–Kier alpha value is -0.830. The first-order valence-corrected chi connectivity index (χ1v) is 10.7. The molecule has 0 bridgehead atoms. The van der Waals surface area contributed by atoms with E-state index in [1.54, 1.807) is 5.57 Å². The van der Waals surface area contributed by atoms with Gasteiger partial charge in [-0.15, -0.1) is 0 Å². The van der Waals surface area contributed by atoms with Gasteiger partial charge in [0.1, 0.15) is 0 Å². The second-order valence-electron chi connectivity index (χ2n) is 10.0. The Balaban J connectivity index is 1.49. The largest absolute Gasteiger partial charge is 0.353 e. The van der Waals surface area contributed by atoms with Gasteiger partial charge in [-0.3, -0.25) is 4.79 Å². The third kappa shape index (κ3) is 1.94. The van der Waals surface area contributed by atoms with E-state index in [-0.39, 0.29) is 5.41 Å². The van der Waals surface area contributed by atoms with Crippen LogP contribution in [0.15, 0.2) is 11.6 Å². The molecule has 0 aromatic rings. The molecule has 8 atom stereocenters. The van der Waals surface area contributed by atoms with Crippen LogP contribution in [0.4, 0.5) is 0 Å². The normalized spacial score (nSPS) is 54.0. The molecule has 5 aliphatic rings. The highest BCUT2D eigenvalue weighted by molar-refractivity contribution is 5.87. The van der Waals surface area contributed by atoms with Crippen molar-refractivity contribution in [3.05, 3.63) is 11.6 Å². The lowest BCUT2D eigenvalue weighted by molar-refractivity contribution is -0.138. The van der Waals surface area contributed by atoms with E-state index in [9.17, 15) is 4.79 Å². The highest BCUT2D eigenvalue weighted by Gasteiger charge is 2.66. The van der Waals surface area contributed by atoms with E-state index in [4.69, 9.17) is 0 Å². The molecule has 3 nitrogen and oxygen atoms in total. The Morgan fingerprint density at radius 2 is 1.92 bits per heavy atom. The summed E-state index contributed by atoms with van der Waals surface area (Å²) >= 11 is 0. The van der Waals surface area contributed by atoms with Gasteiger partial charge in [0.15, 0.2) is 0 Å². The van der Waals surface area contributed by atoms with Crippen LogP contribution < -0.4 is 10.6 Å². The van der Waals surface area contributed by atoms with Gasteiger partial charge in [-0.2, -0.15) is 0 Å². The van der Waals surface area contributed by atoms with Gasteiger partial charge in [0.05, 0.1) is 5.41 Å². The summed E-state index contributed by atoms with van der Waals surface area (Å²) in [6.45, 7) is 4.80. The summed E-state index contributed by atoms with van der Waals surface area (Å²) in [5, 5.41) is 6.83. The first-order valence-electron chi connectivity index (χ1n) is 10.7. The number of carbonyl (C=O) groups is 1. The lowest BCUT2D eigenvalue weighted by atomic mass is 9.47. The summed E-state index contributed by atoms with van der Waals surface area (Å²) in [7, 11) is 2.11. The second kappa shape index (κ2) is 5.34. The minimum Gasteiger partial charge on any atom is -0.353 e. The molecule has 3 saturated carbocycles. The Labute approximate surface area is 152 Å². The standard InChI is InChI=1S/C22H34N2O/c1-13-17-6-7-19-16-5-4-14-12-15(23-3)8-10-21(14,2)18(16)9-11-22(17,19)20(25)24-13/h4,13,15-19,23H,5-12H2,1-3H3,(H,24,25)/t13?,15-,16+,17+,18-,19-,21-,22-/m0/s1. The van der Waals surface area contributed by atoms with E-state index < -0.39 is 0 Å². The number of allylic oxidation sites excluding steroid dienone is 1. The number of carbonyl (C=O) groups excluding carboxylic acids is 1. The predicted octanol–water partition coefficient (Wildman–Crippen LogP) is 3.65. The first kappa shape index (κ1) is 16.4. The van der Waals surface area contributed by atoms with Gasteiger partial charge >= 0.3 is 0 Å². The monoisotopic (exact) mass is 342 g/mol. The van der Waals surface area contributed by atoms with Gasteiger partial charge < -0.3 is 10.6 Å². The van der Waals surface area contributed by atoms with Gasteiger partial charge in [-0.1, -0.05) is 18.6 Å². The summed E-state index contributed by atoms with van der Waals surface area (Å²) in [6.07, 6.45) is 12.7. The molecular formula is C22H34N2O. The molecule has 1 heterocycles. The third-order valence-corrected chi connectivity index (χ3v) is 9.47. The van der Waals surface area contributed by atoms with Crippen molar-refractivity contribution in [1.82, 2.24) is 10.6 Å². The fourth-order valence-electron chi connectivity index (χ4n) is 8.21. The van der Waals surface area contributed by atoms with Crippen LogP contribution in [0.25, 0.3) is 0 Å². The van der Waals surface area contributed by atoms with Gasteiger partial charge in [0.2, 0.25) is 5.91 Å². The zero-order valence-electron chi connectivity index (χ0n) is 16.1. The lowest BCUT2D eigenvalue weighted by Crippen LogP contribution is -2.53. The molecule has 1 spiro atoms. The third-order valence-electron chi connectivity index (χ3n) is 9.47. The highest BCUT2D eigenvalue weighted by atomic mass is 16.2. The molecule has 4 fully saturated rings. The van der Waals surface area contributed by atoms with Crippen LogP contribution in [0, 0.1) is 34.5 Å². The maximum Gasteiger partial charge on any atom is 0.227 e. The van der Waals surface area contributed by atoms with E-state index >= 15 is 0 Å². The van der Waals surface area contributed by atoms with Crippen LogP contribution >= 0.6 is 0 Å². The molecule has 0 aromatic heterocycles. The van der Waals surface area contributed by atoms with E-state index in [0.717, 1.165) is 18.3 Å². The SMILES string of the molecule is CN[C@H]1CC[C@@]2(C)C(=CC[C@H]3[C@@H]4CC[C@@H]5C(C)NC(=O)[C@@]54CC[C@@H]32)C1. The van der Waals surface area contributed by atoms with E-state index in [0.29, 0.717) is 35.2 Å². The van der Waals surface area contributed by atoms with Crippen LogP contribution in [0.5, 0.6) is 0 Å². The van der Waals surface area contributed by atoms with Crippen molar-refractivity contribution in [3.63, 3.8) is 0 Å². The van der Waals surface area contributed by atoms with E-state index in [1.807, 2.05) is 0 Å². The maximum atomic E-state index is 13.0. The molecule has 0 radical (unpaired) electrons. The molecule has 3 heteroatoms. The zero-order chi connectivity index (χ0) is 17.4. The molecule has 1 unspecified atom stereocenters. The van der Waals surface area contributed by atoms with Crippen molar-refractivity contribution in [3.8, 4) is 0 Å². The molecule has 1 aliphatic heterocycles. The number of rotatable bonds is 1. The second-order valence-corrected chi connectivity index (χ2v) is 10.0. The molecule has 1 amide bonds. The molecule has 2 N–H and O–H groups in total. The molecule has 25 heavy (non-hydrogen) atoms. The molecule has 138 valence electrons. The number of hydrogen-bond donors (Lipinski definition) is 2. The fraction of sp³-hybridized carbons (Fsp3) is 0.864. The summed E-state index contributed by atoms with van der Waals surface area (Å²) in [5.74, 6) is 3.20. The van der Waals surface area contributed by atoms with Crippen molar-refractivity contribution in [2.75, 3.05) is 7.05 Å². The summed E-state index contributed by atoms with van der Waals surface area (Å²) in [4.78, 5) is 13.0. The Morgan fingerprint density at radius 3 is 2.72 bits per heavy atom. The van der Waals surface area contributed by atoms with Crippen LogP contribution in [0.3, 0.4) is 0 Å². The quantitative estimate of drug-likeness (QED) is 0.714. The summed E-state index contributed by atoms with van der Waals surface area (Å²) < 4.78 is 0. The number of nitrogens with one attached hydrogen (secondary N) is 2. The van der Waals surface area contributed by atoms with Gasteiger partial charge in [-0.25, -0.2) is 0 Å². The smallest absolute Gasteiger partial charge is 0.227 e. The van der Waals surface area contributed by atoms with Crippen LogP contribution in [0.1, 0.15) is 65.2 Å². The van der Waals surface area contributed by atoms with Crippen LogP contribution in [-0.2, 0) is 4.79 Å². The minimum absolute atomic E-state index is 0.00946. The zero-order valence-corrected chi connectivity index (χ0v) is 16.1. The van der Waals surface area contributed by atoms with Crippen molar-refractivity contribution < 1.29 is 4.79 Å². The molecule has 1 saturated heterocycles. The van der Waals surface area contributed by atoms with Crippen molar-refractivity contribution >= 4 is 5.91 Å². The van der Waals surface area contributed by atoms with Gasteiger partial charge in [0, 0.05) is 12.1 Å². The first-order chi connectivity index (χ1) is 12.0. The Kier molecular flexibility index (Phi) is 3.49. The summed E-state index contributed by atoms with van der Waals surface area (Å²) in [5.41, 5.74) is 2.12. The fourth-order valence-corrected chi connectivity index (χ4v) is 8.21. The molecular weight excluding hydrogens is 308 g/mol. The molecule has 5 rings (SSSR count). The van der Waals surface area contributed by atoms with Crippen molar-refractivity contribution in [2.24, 2.45) is 34.5 Å². The number of fused-ring (bicyclic) bond motifs is 4. The van der Waals surface area contributed by atoms with Gasteiger partial charge in [-0.05, 0) is 94.4 Å². The van der Waals surface area contributed by atoms with Gasteiger partial charge in [0.25, 0.3) is 0 Å².